The zero-order valence-electron chi connectivity index (χ0n) is 38.7. The van der Waals surface area contributed by atoms with Crippen LogP contribution in [0.4, 0.5) is 10.1 Å². The minimum absolute atomic E-state index is 0.0515. The first-order valence-corrected chi connectivity index (χ1v) is 21.8. The van der Waals surface area contributed by atoms with Crippen LogP contribution >= 0.6 is 0 Å². The van der Waals surface area contributed by atoms with Crippen LogP contribution < -0.4 is 10.6 Å². The molecule has 0 spiro atoms. The lowest BCUT2D eigenvalue weighted by Crippen LogP contribution is -2.60. The molecule has 15 nitrogen and oxygen atoms in total. The molecule has 1 fully saturated rings. The number of likely N-dealkylation sites (tertiary alicyclic amines) is 1. The van der Waals surface area contributed by atoms with E-state index in [-0.39, 0.29) is 59.7 Å². The molecule has 3 rings (SSSR count). The lowest BCUT2D eigenvalue weighted by atomic mass is 9.89. The molecule has 0 aliphatic carbocycles. The Morgan fingerprint density at radius 2 is 1.60 bits per heavy atom. The number of nitrogens with one attached hydrogen (secondary N) is 2. The van der Waals surface area contributed by atoms with Gasteiger partial charge in [-0.3, -0.25) is 34.2 Å². The lowest BCUT2D eigenvalue weighted by molar-refractivity contribution is -0.385. The van der Waals surface area contributed by atoms with Crippen molar-refractivity contribution >= 4 is 29.3 Å². The minimum atomic E-state index is -0.967. The summed E-state index contributed by atoms with van der Waals surface area (Å²) in [5, 5.41) is 28.1. The van der Waals surface area contributed by atoms with Crippen molar-refractivity contribution in [2.24, 2.45) is 23.7 Å². The van der Waals surface area contributed by atoms with Crippen LogP contribution in [0, 0.1) is 39.6 Å². The molecular formula is C46H71FN6O9. The predicted octanol–water partition coefficient (Wildman–Crippen LogP) is 5.49. The fourth-order valence-electron chi connectivity index (χ4n) is 8.83. The van der Waals surface area contributed by atoms with Gasteiger partial charge in [0.05, 0.1) is 59.7 Å². The van der Waals surface area contributed by atoms with E-state index in [2.05, 4.69) is 10.6 Å². The number of carbonyl (C=O) groups excluding carboxylic acids is 4. The molecule has 1 aliphatic rings. The normalized spacial score (nSPS) is 18.7. The third-order valence-electron chi connectivity index (χ3n) is 12.5. The molecule has 0 saturated carbocycles. The molecule has 1 heterocycles. The smallest absolute Gasteiger partial charge is 0.269 e. The van der Waals surface area contributed by atoms with Gasteiger partial charge in [-0.05, 0) is 56.2 Å². The molecule has 1 saturated heterocycles. The number of amides is 4. The lowest BCUT2D eigenvalue weighted by Gasteiger charge is -2.41. The number of rotatable bonds is 23. The van der Waals surface area contributed by atoms with Crippen molar-refractivity contribution in [2.75, 3.05) is 34.9 Å². The fraction of sp³-hybridized carbons (Fsp3) is 0.652. The van der Waals surface area contributed by atoms with E-state index in [0.29, 0.717) is 31.4 Å². The second-order valence-corrected chi connectivity index (χ2v) is 17.6. The van der Waals surface area contributed by atoms with Crippen molar-refractivity contribution in [3.63, 3.8) is 0 Å². The number of nitro groups is 1. The molecule has 346 valence electrons. The maximum atomic E-state index is 14.8. The number of aliphatic hydroxyl groups is 1. The Labute approximate surface area is 367 Å². The maximum absolute atomic E-state index is 14.8. The number of benzene rings is 2. The Bertz CT molecular complexity index is 1800. The average Bonchev–Trinajstić information content (AvgIpc) is 3.72. The van der Waals surface area contributed by atoms with Crippen LogP contribution in [0.25, 0.3) is 0 Å². The van der Waals surface area contributed by atoms with Crippen molar-refractivity contribution in [3.8, 4) is 0 Å². The highest BCUT2D eigenvalue weighted by Gasteiger charge is 2.43. The Kier molecular flexibility index (Phi) is 19.9. The largest absolute Gasteiger partial charge is 0.386 e. The number of nitrogens with zero attached hydrogens (tertiary/aromatic N) is 4. The summed E-state index contributed by atoms with van der Waals surface area (Å²) in [4.78, 5) is 72.1. The van der Waals surface area contributed by atoms with Crippen molar-refractivity contribution < 1.29 is 43.1 Å². The monoisotopic (exact) mass is 871 g/mol. The first kappa shape index (κ1) is 51.8. The molecule has 2 aromatic carbocycles. The van der Waals surface area contributed by atoms with Gasteiger partial charge in [-0.15, -0.1) is 0 Å². The van der Waals surface area contributed by atoms with Crippen LogP contribution in [-0.4, -0.2) is 126 Å². The molecule has 62 heavy (non-hydrogen) atoms. The predicted molar refractivity (Wildman–Crippen MR) is 235 cm³/mol. The van der Waals surface area contributed by atoms with Gasteiger partial charge in [-0.2, -0.15) is 0 Å². The number of non-ortho nitro benzene ring substituents is 1. The number of nitro benzene ring substituents is 1. The molecule has 0 aromatic heterocycles. The number of ether oxygens (including phenoxy) is 2. The zero-order chi connectivity index (χ0) is 46.6. The number of hydrogen-bond donors (Lipinski definition) is 3. The molecule has 10 atom stereocenters. The van der Waals surface area contributed by atoms with Crippen LogP contribution in [0.5, 0.6) is 0 Å². The Morgan fingerprint density at radius 3 is 2.15 bits per heavy atom. The number of likely N-dealkylation sites (N-methyl/N-ethyl adjacent to an activating group) is 2. The quantitative estimate of drug-likeness (QED) is 0.0954. The maximum Gasteiger partial charge on any atom is 0.269 e. The minimum Gasteiger partial charge on any atom is -0.386 e. The first-order chi connectivity index (χ1) is 29.2. The van der Waals surface area contributed by atoms with Crippen LogP contribution in [0.1, 0.15) is 98.3 Å². The molecule has 0 radical (unpaired) electrons. The van der Waals surface area contributed by atoms with Crippen LogP contribution in [0.2, 0.25) is 0 Å². The van der Waals surface area contributed by atoms with Gasteiger partial charge in [0.1, 0.15) is 11.9 Å². The van der Waals surface area contributed by atoms with Gasteiger partial charge in [0.25, 0.3) is 5.69 Å². The van der Waals surface area contributed by atoms with Gasteiger partial charge >= 0.3 is 0 Å². The third-order valence-corrected chi connectivity index (χ3v) is 12.5. The molecular weight excluding hydrogens is 800 g/mol. The highest BCUT2D eigenvalue weighted by atomic mass is 19.1. The van der Waals surface area contributed by atoms with E-state index >= 15 is 0 Å². The number of halogens is 1. The van der Waals surface area contributed by atoms with Crippen LogP contribution in [-0.2, 0) is 35.2 Å². The molecule has 1 aliphatic heterocycles. The summed E-state index contributed by atoms with van der Waals surface area (Å²) < 4.78 is 26.7. The van der Waals surface area contributed by atoms with Crippen molar-refractivity contribution in [1.82, 2.24) is 25.3 Å². The average molecular weight is 871 g/mol. The van der Waals surface area contributed by atoms with Gasteiger partial charge in [0.2, 0.25) is 23.6 Å². The van der Waals surface area contributed by atoms with Gasteiger partial charge in [-0.25, -0.2) is 4.39 Å². The fourth-order valence-corrected chi connectivity index (χ4v) is 8.83. The Balaban J connectivity index is 1.79. The van der Waals surface area contributed by atoms with Crippen LogP contribution in [0.15, 0.2) is 48.5 Å². The van der Waals surface area contributed by atoms with Gasteiger partial charge < -0.3 is 35.0 Å². The molecule has 2 aromatic rings. The molecule has 4 amide bonds. The van der Waals surface area contributed by atoms with E-state index in [4.69, 9.17) is 9.47 Å². The summed E-state index contributed by atoms with van der Waals surface area (Å²) in [6, 6.07) is 9.04. The second kappa shape index (κ2) is 23.8. The standard InChI is InChI=1S/C46H71FN6O9/c1-13-29(6)41(51(10)46(58)39(27(2)3)49-45(57)40(28(4)5)50(9)26-33-24-34(53(59)60)21-22-35(33)47)37(61-11)25-38(54)52-23-17-20-36(52)43(62-12)30(7)44(56)48-31(8)42(55)32-18-15-14-16-19-32/h14-16,18-19,21-22,24,27-31,36-37,39-43,55H,13,17,20,23,25-26H2,1-12H3,(H,48,56)(H,49,57)/t29-,30+,31+,36-,37+,39-,40-,41-,42+,43+/m0/s1. The number of carbonyl (C=O) groups is 4. The third kappa shape index (κ3) is 13.0. The van der Waals surface area contributed by atoms with Gasteiger partial charge in [0, 0.05) is 52.1 Å². The zero-order valence-corrected chi connectivity index (χ0v) is 38.7. The van der Waals surface area contributed by atoms with Crippen molar-refractivity contribution in [3.05, 3.63) is 75.6 Å². The first-order valence-electron chi connectivity index (χ1n) is 21.8. The van der Waals surface area contributed by atoms with Gasteiger partial charge in [0.15, 0.2) is 0 Å². The molecule has 0 bridgehead atoms. The summed E-state index contributed by atoms with van der Waals surface area (Å²) in [5.74, 6) is -3.36. The highest BCUT2D eigenvalue weighted by molar-refractivity contribution is 5.90. The number of hydrogen-bond acceptors (Lipinski definition) is 10. The SMILES string of the molecule is CC[C@H](C)[C@@H]([C@@H](CC(=O)N1CCC[C@H]1[C@H](OC)[C@@H](C)C(=O)N[C@H](C)[C@@H](O)c1ccccc1)OC)N(C)C(=O)[C@@H](NC(=O)[C@H](C(C)C)N(C)Cc1cc([N+](=O)[O-])ccc1F)C(C)C. The summed E-state index contributed by atoms with van der Waals surface area (Å²) in [7, 11) is 6.33. The highest BCUT2D eigenvalue weighted by Crippen LogP contribution is 2.30. The summed E-state index contributed by atoms with van der Waals surface area (Å²) >= 11 is 0. The summed E-state index contributed by atoms with van der Waals surface area (Å²) in [6.45, 7) is 15.2. The molecule has 0 unspecified atom stereocenters. The van der Waals surface area contributed by atoms with E-state index in [1.165, 1.54) is 14.2 Å². The molecule has 16 heteroatoms. The summed E-state index contributed by atoms with van der Waals surface area (Å²) in [5.41, 5.74) is 0.486. The van der Waals surface area contributed by atoms with E-state index in [9.17, 15) is 38.8 Å². The van der Waals surface area contributed by atoms with E-state index < -0.39 is 71.1 Å². The Hall–Kier alpha value is -4.51. The van der Waals surface area contributed by atoms with Gasteiger partial charge in [-0.1, -0.05) is 85.2 Å². The second-order valence-electron chi connectivity index (χ2n) is 17.6. The topological polar surface area (TPSA) is 184 Å². The number of methoxy groups -OCH3 is 2. The van der Waals surface area contributed by atoms with Crippen molar-refractivity contribution in [1.29, 1.82) is 0 Å². The van der Waals surface area contributed by atoms with E-state index in [0.717, 1.165) is 18.2 Å². The van der Waals surface area contributed by atoms with E-state index in [1.54, 1.807) is 54.8 Å². The number of aliphatic hydroxyl groups excluding tert-OH is 1. The molecule has 3 N–H and O–H groups in total. The summed E-state index contributed by atoms with van der Waals surface area (Å²) in [6.07, 6.45) is -0.330. The van der Waals surface area contributed by atoms with Crippen LogP contribution in [0.3, 0.4) is 0 Å². The van der Waals surface area contributed by atoms with Crippen molar-refractivity contribution in [2.45, 2.75) is 136 Å². The van der Waals surface area contributed by atoms with E-state index in [1.807, 2.05) is 59.7 Å². The Morgan fingerprint density at radius 1 is 0.952 bits per heavy atom.